The van der Waals surface area contributed by atoms with Gasteiger partial charge >= 0.3 is 0 Å². The fourth-order valence-electron chi connectivity index (χ4n) is 4.30. The van der Waals surface area contributed by atoms with E-state index in [1.165, 1.54) is 22.3 Å². The Balaban J connectivity index is 0.00000153. The van der Waals surface area contributed by atoms with E-state index in [0.717, 1.165) is 47.4 Å². The summed E-state index contributed by atoms with van der Waals surface area (Å²) in [7, 11) is 0. The van der Waals surface area contributed by atoms with Gasteiger partial charge in [0.15, 0.2) is 0 Å². The van der Waals surface area contributed by atoms with E-state index in [4.69, 9.17) is 4.42 Å². The zero-order chi connectivity index (χ0) is 21.5. The highest BCUT2D eigenvalue weighted by Gasteiger charge is 2.23. The van der Waals surface area contributed by atoms with Crippen molar-refractivity contribution in [3.63, 3.8) is 0 Å². The Kier molecular flexibility index (Phi) is 7.55. The van der Waals surface area contributed by atoms with Crippen LogP contribution in [-0.4, -0.2) is 36.8 Å². The van der Waals surface area contributed by atoms with Crippen LogP contribution in [0.3, 0.4) is 0 Å². The van der Waals surface area contributed by atoms with Gasteiger partial charge in [0.2, 0.25) is 0 Å². The van der Waals surface area contributed by atoms with E-state index in [0.29, 0.717) is 12.1 Å². The molecule has 33 heavy (non-hydrogen) atoms. The SMILES string of the molecule is Cc1c(-c2ccc(C3=[NH+]CC(C)N3)cc2)oc(-c2ccc(C3=[NH+]CC(C)N3)cc2)c1C.[Cl-].[Cl-]. The summed E-state index contributed by atoms with van der Waals surface area (Å²) in [4.78, 5) is 6.85. The number of rotatable bonds is 4. The first kappa shape index (κ1) is 24.9. The molecule has 0 radical (unpaired) electrons. The van der Waals surface area contributed by atoms with Crippen molar-refractivity contribution in [3.8, 4) is 22.6 Å². The van der Waals surface area contributed by atoms with Crippen LogP contribution in [0.5, 0.6) is 0 Å². The van der Waals surface area contributed by atoms with Crippen molar-refractivity contribution in [2.24, 2.45) is 0 Å². The maximum atomic E-state index is 6.41. The predicted octanol–water partition coefficient (Wildman–Crippen LogP) is -5.12. The van der Waals surface area contributed by atoms with E-state index in [1.54, 1.807) is 0 Å². The van der Waals surface area contributed by atoms with Crippen molar-refractivity contribution in [3.05, 3.63) is 70.8 Å². The summed E-state index contributed by atoms with van der Waals surface area (Å²) in [5.74, 6) is 4.09. The maximum absolute atomic E-state index is 6.41. The van der Waals surface area contributed by atoms with Gasteiger partial charge in [-0.15, -0.1) is 0 Å². The zero-order valence-electron chi connectivity index (χ0n) is 19.4. The molecule has 0 saturated heterocycles. The minimum absolute atomic E-state index is 0. The molecule has 0 spiro atoms. The van der Waals surface area contributed by atoms with Gasteiger partial charge in [0.05, 0.1) is 11.1 Å². The van der Waals surface area contributed by atoms with E-state index >= 15 is 0 Å². The van der Waals surface area contributed by atoms with Crippen molar-refractivity contribution in [1.82, 2.24) is 10.6 Å². The van der Waals surface area contributed by atoms with Gasteiger partial charge in [-0.25, -0.2) is 0 Å². The average Bonchev–Trinajstić information content (AvgIpc) is 3.49. The fourth-order valence-corrected chi connectivity index (χ4v) is 4.30. The summed E-state index contributed by atoms with van der Waals surface area (Å²) in [5.41, 5.74) is 6.92. The molecule has 0 aliphatic carbocycles. The molecule has 0 amide bonds. The Morgan fingerprint density at radius 1 is 0.636 bits per heavy atom. The summed E-state index contributed by atoms with van der Waals surface area (Å²) in [6.45, 7) is 10.6. The highest BCUT2D eigenvalue weighted by molar-refractivity contribution is 5.96. The number of furan rings is 1. The van der Waals surface area contributed by atoms with Gasteiger partial charge in [-0.05, 0) is 63.1 Å². The standard InChI is InChI=1S/C26H28N4O.2ClH/c1-15-13-27-25(29-15)21-9-5-19(6-10-21)23-17(3)18(4)24(31-23)20-7-11-22(12-8-20)26-28-14-16(2)30-26;;/h5-12,15-16H,13-14H2,1-4H3,(H,27,29)(H,28,30);2*1H. The van der Waals surface area contributed by atoms with Crippen LogP contribution < -0.4 is 45.4 Å². The molecule has 1 aromatic heterocycles. The summed E-state index contributed by atoms with van der Waals surface area (Å²) < 4.78 is 6.41. The molecule has 2 unspecified atom stereocenters. The normalized spacial score (nSPS) is 19.0. The van der Waals surface area contributed by atoms with Gasteiger partial charge in [0.25, 0.3) is 11.7 Å². The second-order valence-electron chi connectivity index (χ2n) is 8.77. The molecule has 7 heteroatoms. The van der Waals surface area contributed by atoms with Crippen LogP contribution in [0, 0.1) is 13.8 Å². The minimum Gasteiger partial charge on any atom is -1.00 e. The largest absolute Gasteiger partial charge is 1.00 e. The van der Waals surface area contributed by atoms with Crippen LogP contribution in [0.4, 0.5) is 0 Å². The lowest BCUT2D eigenvalue weighted by molar-refractivity contribution is -0.448. The smallest absolute Gasteiger partial charge is 0.275 e. The average molecular weight is 485 g/mol. The Morgan fingerprint density at radius 3 is 1.27 bits per heavy atom. The van der Waals surface area contributed by atoms with Crippen molar-refractivity contribution < 1.29 is 39.2 Å². The number of halogens is 2. The first-order valence-electron chi connectivity index (χ1n) is 11.1. The molecule has 5 nitrogen and oxygen atoms in total. The Morgan fingerprint density at radius 2 is 0.970 bits per heavy atom. The molecule has 2 aliphatic rings. The fraction of sp³-hybridized carbons (Fsp3) is 0.308. The van der Waals surface area contributed by atoms with Gasteiger partial charge in [-0.2, -0.15) is 0 Å². The summed E-state index contributed by atoms with van der Waals surface area (Å²) >= 11 is 0. The molecule has 174 valence electrons. The quantitative estimate of drug-likeness (QED) is 0.299. The summed E-state index contributed by atoms with van der Waals surface area (Å²) in [6, 6.07) is 18.1. The molecule has 5 rings (SSSR count). The van der Waals surface area contributed by atoms with Crippen LogP contribution in [0.1, 0.15) is 36.1 Å². The third-order valence-corrected chi connectivity index (χ3v) is 6.27. The second-order valence-corrected chi connectivity index (χ2v) is 8.77. The summed E-state index contributed by atoms with van der Waals surface area (Å²) in [5, 5.41) is 6.95. The van der Waals surface area contributed by atoms with Crippen molar-refractivity contribution in [1.29, 1.82) is 0 Å². The van der Waals surface area contributed by atoms with Crippen molar-refractivity contribution in [2.75, 3.05) is 13.1 Å². The Labute approximate surface area is 207 Å². The molecule has 0 fully saturated rings. The lowest BCUT2D eigenvalue weighted by Crippen LogP contribution is -3.00. The molecular weight excluding hydrogens is 455 g/mol. The molecule has 2 aromatic carbocycles. The minimum atomic E-state index is 0. The molecule has 2 aliphatic heterocycles. The van der Waals surface area contributed by atoms with Crippen LogP contribution >= 0.6 is 0 Å². The molecule has 3 aromatic rings. The molecule has 2 atom stereocenters. The number of benzene rings is 2. The van der Waals surface area contributed by atoms with Crippen molar-refractivity contribution in [2.45, 2.75) is 39.8 Å². The third-order valence-electron chi connectivity index (χ3n) is 6.27. The van der Waals surface area contributed by atoms with Gasteiger partial charge in [-0.3, -0.25) is 20.6 Å². The van der Waals surface area contributed by atoms with E-state index in [-0.39, 0.29) is 24.8 Å². The first-order valence-corrected chi connectivity index (χ1v) is 11.1. The van der Waals surface area contributed by atoms with Crippen molar-refractivity contribution >= 4 is 11.7 Å². The topological polar surface area (TPSA) is 65.1 Å². The van der Waals surface area contributed by atoms with E-state index in [1.807, 2.05) is 0 Å². The number of hydrogen-bond donors (Lipinski definition) is 4. The molecule has 0 saturated carbocycles. The zero-order valence-corrected chi connectivity index (χ0v) is 20.9. The molecular formula is C26H30Cl2N4O. The van der Waals surface area contributed by atoms with Crippen LogP contribution in [-0.2, 0) is 0 Å². The first-order chi connectivity index (χ1) is 15.0. The van der Waals surface area contributed by atoms with E-state index in [2.05, 4.69) is 96.8 Å². The third kappa shape index (κ3) is 4.80. The highest BCUT2D eigenvalue weighted by Crippen LogP contribution is 2.36. The highest BCUT2D eigenvalue weighted by atomic mass is 35.5. The Bertz CT molecular complexity index is 1090. The van der Waals surface area contributed by atoms with E-state index < -0.39 is 0 Å². The lowest BCUT2D eigenvalue weighted by Gasteiger charge is -2.03. The van der Waals surface area contributed by atoms with Gasteiger partial charge < -0.3 is 29.2 Å². The Hall–Kier alpha value is -2.76. The van der Waals surface area contributed by atoms with Crippen LogP contribution in [0.2, 0.25) is 0 Å². The molecule has 0 bridgehead atoms. The molecule has 3 heterocycles. The number of amidine groups is 2. The van der Waals surface area contributed by atoms with E-state index in [9.17, 15) is 0 Å². The maximum Gasteiger partial charge on any atom is 0.275 e. The monoisotopic (exact) mass is 484 g/mol. The predicted molar refractivity (Wildman–Crippen MR) is 124 cm³/mol. The summed E-state index contributed by atoms with van der Waals surface area (Å²) in [6.07, 6.45) is 0. The van der Waals surface area contributed by atoms with Crippen LogP contribution in [0.25, 0.3) is 22.6 Å². The van der Waals surface area contributed by atoms with Crippen LogP contribution in [0.15, 0.2) is 52.9 Å². The molecule has 4 N–H and O–H groups in total. The number of nitrogens with one attached hydrogen (secondary N) is 4. The number of hydrogen-bond acceptors (Lipinski definition) is 3. The van der Waals surface area contributed by atoms with Gasteiger partial charge in [0.1, 0.15) is 36.7 Å². The van der Waals surface area contributed by atoms with Gasteiger partial charge in [0, 0.05) is 11.1 Å². The van der Waals surface area contributed by atoms with Gasteiger partial charge in [-0.1, -0.05) is 24.3 Å². The lowest BCUT2D eigenvalue weighted by atomic mass is 10.0. The second kappa shape index (κ2) is 10.0.